The summed E-state index contributed by atoms with van der Waals surface area (Å²) in [6.07, 6.45) is 7.99. The molecule has 2 N–H and O–H groups in total. The molecular weight excluding hydrogens is 225 g/mol. The van der Waals surface area contributed by atoms with Gasteiger partial charge in [0.1, 0.15) is 7.05 Å². The first-order valence-corrected chi connectivity index (χ1v) is 5.74. The summed E-state index contributed by atoms with van der Waals surface area (Å²) < 4.78 is 1.98. The lowest BCUT2D eigenvalue weighted by molar-refractivity contribution is -0.671. The highest BCUT2D eigenvalue weighted by atomic mass is 16.4. The van der Waals surface area contributed by atoms with Crippen LogP contribution in [0.3, 0.4) is 0 Å². The molecule has 4 heteroatoms. The van der Waals surface area contributed by atoms with Gasteiger partial charge >= 0.3 is 7.12 Å². The Morgan fingerprint density at radius 1 is 0.889 bits per heavy atom. The minimum Gasteiger partial charge on any atom is -0.423 e. The second-order valence-corrected chi connectivity index (χ2v) is 4.17. The van der Waals surface area contributed by atoms with Gasteiger partial charge in [-0.15, -0.1) is 0 Å². The van der Waals surface area contributed by atoms with E-state index in [1.165, 1.54) is 0 Å². The van der Waals surface area contributed by atoms with Gasteiger partial charge in [0.2, 0.25) is 0 Å². The SMILES string of the molecule is C[n+]1ccc(/C=C/c2ccc(B(O)O)cc2)cc1. The van der Waals surface area contributed by atoms with Crippen LogP contribution in [0.2, 0.25) is 0 Å². The van der Waals surface area contributed by atoms with Gasteiger partial charge in [-0.3, -0.25) is 0 Å². The van der Waals surface area contributed by atoms with Crippen LogP contribution in [0.1, 0.15) is 11.1 Å². The molecule has 2 aromatic rings. The van der Waals surface area contributed by atoms with E-state index in [9.17, 15) is 0 Å². The fourth-order valence-electron chi connectivity index (χ4n) is 1.60. The maximum Gasteiger partial charge on any atom is 0.488 e. The minimum absolute atomic E-state index is 0.499. The summed E-state index contributed by atoms with van der Waals surface area (Å²) in [6.45, 7) is 0. The molecule has 2 rings (SSSR count). The number of aromatic nitrogens is 1. The Labute approximate surface area is 107 Å². The highest BCUT2D eigenvalue weighted by Crippen LogP contribution is 2.05. The van der Waals surface area contributed by atoms with Crippen molar-refractivity contribution in [3.8, 4) is 0 Å². The van der Waals surface area contributed by atoms with Crippen molar-refractivity contribution in [2.24, 2.45) is 7.05 Å². The third-order valence-electron chi connectivity index (χ3n) is 2.71. The van der Waals surface area contributed by atoms with E-state index in [0.717, 1.165) is 11.1 Å². The maximum atomic E-state index is 8.98. The molecule has 0 unspecified atom stereocenters. The minimum atomic E-state index is -1.41. The summed E-state index contributed by atoms with van der Waals surface area (Å²) in [4.78, 5) is 0. The predicted molar refractivity (Wildman–Crippen MR) is 72.8 cm³/mol. The molecular formula is C14H15BNO2+. The highest BCUT2D eigenvalue weighted by Gasteiger charge is 2.08. The van der Waals surface area contributed by atoms with E-state index in [0.29, 0.717) is 5.46 Å². The zero-order chi connectivity index (χ0) is 13.0. The number of pyridine rings is 1. The topological polar surface area (TPSA) is 44.3 Å². The Balaban J connectivity index is 2.11. The van der Waals surface area contributed by atoms with E-state index in [2.05, 4.69) is 0 Å². The molecule has 0 spiro atoms. The quantitative estimate of drug-likeness (QED) is 0.601. The smallest absolute Gasteiger partial charge is 0.423 e. The first-order valence-electron chi connectivity index (χ1n) is 5.74. The second-order valence-electron chi connectivity index (χ2n) is 4.17. The first-order chi connectivity index (χ1) is 8.65. The number of hydrogen-bond donors (Lipinski definition) is 2. The Bertz CT molecular complexity index is 533. The molecule has 0 aliphatic heterocycles. The lowest BCUT2D eigenvalue weighted by Gasteiger charge is -1.99. The highest BCUT2D eigenvalue weighted by molar-refractivity contribution is 6.58. The molecule has 90 valence electrons. The molecule has 1 aromatic carbocycles. The predicted octanol–water partition coefficient (Wildman–Crippen LogP) is 0.361. The van der Waals surface area contributed by atoms with Gasteiger partial charge in [-0.1, -0.05) is 36.4 Å². The molecule has 3 nitrogen and oxygen atoms in total. The van der Waals surface area contributed by atoms with Crippen LogP contribution in [-0.4, -0.2) is 17.2 Å². The van der Waals surface area contributed by atoms with Crippen LogP contribution in [0.15, 0.2) is 48.8 Å². The number of rotatable bonds is 3. The summed E-state index contributed by atoms with van der Waals surface area (Å²) in [5, 5.41) is 18.0. The fraction of sp³-hybridized carbons (Fsp3) is 0.0714. The van der Waals surface area contributed by atoms with Crippen LogP contribution in [0.5, 0.6) is 0 Å². The van der Waals surface area contributed by atoms with Crippen LogP contribution in [-0.2, 0) is 7.05 Å². The van der Waals surface area contributed by atoms with Crippen molar-refractivity contribution in [1.82, 2.24) is 0 Å². The molecule has 18 heavy (non-hydrogen) atoms. The zero-order valence-corrected chi connectivity index (χ0v) is 10.2. The van der Waals surface area contributed by atoms with Gasteiger partial charge in [-0.25, -0.2) is 4.57 Å². The van der Waals surface area contributed by atoms with Crippen molar-refractivity contribution in [2.45, 2.75) is 0 Å². The van der Waals surface area contributed by atoms with Crippen molar-refractivity contribution in [2.75, 3.05) is 0 Å². The van der Waals surface area contributed by atoms with Crippen LogP contribution in [0, 0.1) is 0 Å². The Morgan fingerprint density at radius 3 is 1.89 bits per heavy atom. The van der Waals surface area contributed by atoms with E-state index >= 15 is 0 Å². The van der Waals surface area contributed by atoms with E-state index in [1.807, 2.05) is 60.4 Å². The van der Waals surface area contributed by atoms with E-state index in [4.69, 9.17) is 10.0 Å². The summed E-state index contributed by atoms with van der Waals surface area (Å²) >= 11 is 0. The van der Waals surface area contributed by atoms with Gasteiger partial charge in [0.25, 0.3) is 0 Å². The molecule has 0 bridgehead atoms. The number of hydrogen-bond acceptors (Lipinski definition) is 2. The third kappa shape index (κ3) is 3.29. The molecule has 0 saturated carbocycles. The van der Waals surface area contributed by atoms with Crippen molar-refractivity contribution in [1.29, 1.82) is 0 Å². The summed E-state index contributed by atoms with van der Waals surface area (Å²) in [7, 11) is 0.573. The first kappa shape index (κ1) is 12.5. The zero-order valence-electron chi connectivity index (χ0n) is 10.2. The summed E-state index contributed by atoms with van der Waals surface area (Å²) in [5.41, 5.74) is 2.64. The lowest BCUT2D eigenvalue weighted by atomic mass is 9.80. The largest absolute Gasteiger partial charge is 0.488 e. The third-order valence-corrected chi connectivity index (χ3v) is 2.71. The van der Waals surface area contributed by atoms with E-state index in [-0.39, 0.29) is 0 Å². The Hall–Kier alpha value is -1.91. The van der Waals surface area contributed by atoms with Crippen LogP contribution in [0.4, 0.5) is 0 Å². The molecule has 0 aliphatic carbocycles. The standard InChI is InChI=1S/C14H15BNO2/c1-16-10-8-13(9-11-16)3-2-12-4-6-14(7-5-12)15(17)18/h2-11,17-18H,1H3/q+1/b3-2+. The normalized spacial score (nSPS) is 10.8. The van der Waals surface area contributed by atoms with Gasteiger partial charge in [-0.2, -0.15) is 0 Å². The molecule has 0 atom stereocenters. The monoisotopic (exact) mass is 240 g/mol. The van der Waals surface area contributed by atoms with Crippen molar-refractivity contribution < 1.29 is 14.6 Å². The molecule has 1 aromatic heterocycles. The van der Waals surface area contributed by atoms with Crippen molar-refractivity contribution in [3.63, 3.8) is 0 Å². The number of aryl methyl sites for hydroxylation is 1. The lowest BCUT2D eigenvalue weighted by Crippen LogP contribution is -2.29. The van der Waals surface area contributed by atoms with Gasteiger partial charge in [0, 0.05) is 12.1 Å². The Morgan fingerprint density at radius 2 is 1.39 bits per heavy atom. The average Bonchev–Trinajstić information content (AvgIpc) is 2.38. The van der Waals surface area contributed by atoms with Crippen LogP contribution < -0.4 is 10.0 Å². The molecule has 0 fully saturated rings. The Kier molecular flexibility index (Phi) is 3.92. The molecule has 0 amide bonds. The number of benzene rings is 1. The second kappa shape index (κ2) is 5.62. The van der Waals surface area contributed by atoms with Crippen molar-refractivity contribution in [3.05, 3.63) is 59.9 Å². The van der Waals surface area contributed by atoms with E-state index < -0.39 is 7.12 Å². The van der Waals surface area contributed by atoms with Crippen LogP contribution >= 0.6 is 0 Å². The molecule has 0 radical (unpaired) electrons. The molecule has 0 saturated heterocycles. The van der Waals surface area contributed by atoms with Gasteiger partial charge in [-0.05, 0) is 16.6 Å². The fourth-order valence-corrected chi connectivity index (χ4v) is 1.60. The van der Waals surface area contributed by atoms with E-state index in [1.54, 1.807) is 12.1 Å². The van der Waals surface area contributed by atoms with Gasteiger partial charge in [0.05, 0.1) is 0 Å². The summed E-state index contributed by atoms with van der Waals surface area (Å²) in [5.74, 6) is 0. The molecule has 0 aliphatic rings. The average molecular weight is 240 g/mol. The molecule has 1 heterocycles. The van der Waals surface area contributed by atoms with Crippen molar-refractivity contribution >= 4 is 24.7 Å². The van der Waals surface area contributed by atoms with Gasteiger partial charge < -0.3 is 10.0 Å². The van der Waals surface area contributed by atoms with Crippen LogP contribution in [0.25, 0.3) is 12.2 Å². The number of nitrogens with zero attached hydrogens (tertiary/aromatic N) is 1. The summed E-state index contributed by atoms with van der Waals surface area (Å²) in [6, 6.07) is 11.2. The van der Waals surface area contributed by atoms with Gasteiger partial charge in [0.15, 0.2) is 12.4 Å². The maximum absolute atomic E-state index is 8.98.